The molecular weight excluding hydrogens is 267 g/mol. The summed E-state index contributed by atoms with van der Waals surface area (Å²) in [6, 6.07) is 6.53. The van der Waals surface area contributed by atoms with Crippen molar-refractivity contribution in [2.75, 3.05) is 7.05 Å². The Labute approximate surface area is 118 Å². The number of benzene rings is 1. The second kappa shape index (κ2) is 6.48. The molecule has 1 aromatic rings. The number of para-hydroxylation sites is 1. The molecule has 0 aromatic heterocycles. The van der Waals surface area contributed by atoms with Crippen LogP contribution in [-0.2, 0) is 6.42 Å². The Morgan fingerprint density at radius 1 is 1.15 bits per heavy atom. The van der Waals surface area contributed by atoms with Crippen LogP contribution in [0.4, 0.5) is 13.2 Å². The Morgan fingerprint density at radius 2 is 1.75 bits per heavy atom. The number of hydrogen-bond donors (Lipinski definition) is 1. The van der Waals surface area contributed by atoms with Gasteiger partial charge in [-0.25, -0.2) is 0 Å². The third kappa shape index (κ3) is 5.41. The van der Waals surface area contributed by atoms with Gasteiger partial charge in [-0.1, -0.05) is 39.0 Å². The summed E-state index contributed by atoms with van der Waals surface area (Å²) < 4.78 is 41.1. The highest BCUT2D eigenvalue weighted by atomic mass is 19.4. The molecule has 0 radical (unpaired) electrons. The van der Waals surface area contributed by atoms with Gasteiger partial charge in [0.25, 0.3) is 0 Å². The molecule has 0 heterocycles. The van der Waals surface area contributed by atoms with Crippen molar-refractivity contribution >= 4 is 0 Å². The number of halogens is 3. The van der Waals surface area contributed by atoms with E-state index in [9.17, 15) is 13.2 Å². The van der Waals surface area contributed by atoms with Gasteiger partial charge < -0.3 is 10.1 Å². The summed E-state index contributed by atoms with van der Waals surface area (Å²) in [7, 11) is 1.87. The Hall–Kier alpha value is -1.23. The molecule has 2 nitrogen and oxygen atoms in total. The van der Waals surface area contributed by atoms with Crippen LogP contribution >= 0.6 is 0 Å². The van der Waals surface area contributed by atoms with E-state index in [0.717, 1.165) is 6.42 Å². The van der Waals surface area contributed by atoms with Crippen molar-refractivity contribution < 1.29 is 17.9 Å². The number of aryl methyl sites for hydroxylation is 1. The van der Waals surface area contributed by atoms with Crippen LogP contribution in [0.1, 0.15) is 32.8 Å². The molecule has 0 bridgehead atoms. The minimum absolute atomic E-state index is 0.0502. The maximum atomic E-state index is 12.3. The number of rotatable bonds is 5. The standard InChI is InChI=1S/C15H22F3NO/c1-14(2,3)13(19-4)10-9-11-7-5-6-8-12(11)20-15(16,17)18/h5-8,13,19H,9-10H2,1-4H3. The van der Waals surface area contributed by atoms with Crippen LogP contribution in [0.2, 0.25) is 0 Å². The molecule has 0 aliphatic carbocycles. The smallest absolute Gasteiger partial charge is 0.406 e. The molecule has 5 heteroatoms. The molecule has 1 N–H and O–H groups in total. The van der Waals surface area contributed by atoms with E-state index in [1.165, 1.54) is 6.07 Å². The number of alkyl halides is 3. The van der Waals surface area contributed by atoms with Gasteiger partial charge in [0.15, 0.2) is 0 Å². The first-order chi connectivity index (χ1) is 9.13. The van der Waals surface area contributed by atoms with Gasteiger partial charge in [0.05, 0.1) is 0 Å². The van der Waals surface area contributed by atoms with Crippen LogP contribution in [0.3, 0.4) is 0 Å². The highest BCUT2D eigenvalue weighted by Crippen LogP contribution is 2.29. The second-order valence-electron chi connectivity index (χ2n) is 5.90. The number of ether oxygens (including phenoxy) is 1. The lowest BCUT2D eigenvalue weighted by atomic mass is 9.83. The van der Waals surface area contributed by atoms with Gasteiger partial charge in [0.1, 0.15) is 5.75 Å². The largest absolute Gasteiger partial charge is 0.573 e. The number of hydrogen-bond acceptors (Lipinski definition) is 2. The van der Waals surface area contributed by atoms with E-state index in [4.69, 9.17) is 0 Å². The van der Waals surface area contributed by atoms with Gasteiger partial charge in [-0.05, 0) is 36.9 Å². The molecular formula is C15H22F3NO. The van der Waals surface area contributed by atoms with Crippen LogP contribution in [0, 0.1) is 5.41 Å². The Bertz CT molecular complexity index is 424. The van der Waals surface area contributed by atoms with Gasteiger partial charge in [-0.3, -0.25) is 0 Å². The molecule has 0 aliphatic rings. The first-order valence-electron chi connectivity index (χ1n) is 6.64. The zero-order valence-electron chi connectivity index (χ0n) is 12.3. The molecule has 0 amide bonds. The highest BCUT2D eigenvalue weighted by molar-refractivity contribution is 5.33. The molecule has 20 heavy (non-hydrogen) atoms. The van der Waals surface area contributed by atoms with Crippen LogP contribution in [0.5, 0.6) is 5.75 Å². The van der Waals surface area contributed by atoms with Gasteiger partial charge in [-0.2, -0.15) is 0 Å². The van der Waals surface area contributed by atoms with Crippen molar-refractivity contribution in [1.29, 1.82) is 0 Å². The highest BCUT2D eigenvalue weighted by Gasteiger charge is 2.32. The van der Waals surface area contributed by atoms with Gasteiger partial charge in [0.2, 0.25) is 0 Å². The van der Waals surface area contributed by atoms with Crippen molar-refractivity contribution in [3.8, 4) is 5.75 Å². The second-order valence-corrected chi connectivity index (χ2v) is 5.90. The zero-order chi connectivity index (χ0) is 15.4. The summed E-state index contributed by atoms with van der Waals surface area (Å²) >= 11 is 0. The van der Waals surface area contributed by atoms with Crippen LogP contribution < -0.4 is 10.1 Å². The molecule has 1 rings (SSSR count). The molecule has 0 aliphatic heterocycles. The van der Waals surface area contributed by atoms with Gasteiger partial charge in [0, 0.05) is 6.04 Å². The fourth-order valence-electron chi connectivity index (χ4n) is 2.24. The SMILES string of the molecule is CNC(CCc1ccccc1OC(F)(F)F)C(C)(C)C. The Kier molecular flexibility index (Phi) is 5.45. The summed E-state index contributed by atoms with van der Waals surface area (Å²) in [5, 5.41) is 3.22. The lowest BCUT2D eigenvalue weighted by Crippen LogP contribution is -2.38. The molecule has 0 saturated carbocycles. The molecule has 114 valence electrons. The average molecular weight is 289 g/mol. The van der Waals surface area contributed by atoms with Gasteiger partial charge >= 0.3 is 6.36 Å². The fraction of sp³-hybridized carbons (Fsp3) is 0.600. The molecule has 1 unspecified atom stereocenters. The topological polar surface area (TPSA) is 21.3 Å². The van der Waals surface area contributed by atoms with Crippen molar-refractivity contribution in [2.24, 2.45) is 5.41 Å². The van der Waals surface area contributed by atoms with Crippen LogP contribution in [0.25, 0.3) is 0 Å². The maximum Gasteiger partial charge on any atom is 0.573 e. The summed E-state index contributed by atoms with van der Waals surface area (Å²) in [5.74, 6) is -0.108. The molecule has 1 aromatic carbocycles. The summed E-state index contributed by atoms with van der Waals surface area (Å²) in [5.41, 5.74) is 0.628. The lowest BCUT2D eigenvalue weighted by Gasteiger charge is -2.30. The predicted molar refractivity (Wildman–Crippen MR) is 73.7 cm³/mol. The van der Waals surface area contributed by atoms with Crippen molar-refractivity contribution in [3.05, 3.63) is 29.8 Å². The monoisotopic (exact) mass is 289 g/mol. The summed E-state index contributed by atoms with van der Waals surface area (Å²) in [6.07, 6.45) is -3.37. The number of nitrogens with one attached hydrogen (secondary N) is 1. The quantitative estimate of drug-likeness (QED) is 0.879. The summed E-state index contributed by atoms with van der Waals surface area (Å²) in [4.78, 5) is 0. The average Bonchev–Trinajstić information content (AvgIpc) is 2.28. The van der Waals surface area contributed by atoms with E-state index in [1.807, 2.05) is 7.05 Å². The van der Waals surface area contributed by atoms with Crippen molar-refractivity contribution in [2.45, 2.75) is 46.0 Å². The van der Waals surface area contributed by atoms with E-state index < -0.39 is 6.36 Å². The van der Waals surface area contributed by atoms with Crippen LogP contribution in [-0.4, -0.2) is 19.5 Å². The van der Waals surface area contributed by atoms with E-state index in [0.29, 0.717) is 12.0 Å². The normalized spacial score (nSPS) is 14.2. The Morgan fingerprint density at radius 3 is 2.25 bits per heavy atom. The minimum Gasteiger partial charge on any atom is -0.406 e. The van der Waals surface area contributed by atoms with E-state index >= 15 is 0 Å². The van der Waals surface area contributed by atoms with Crippen molar-refractivity contribution in [3.63, 3.8) is 0 Å². The summed E-state index contributed by atoms with van der Waals surface area (Å²) in [6.45, 7) is 6.31. The first-order valence-corrected chi connectivity index (χ1v) is 6.64. The molecule has 0 spiro atoms. The maximum absolute atomic E-state index is 12.3. The molecule has 0 saturated heterocycles. The van der Waals surface area contributed by atoms with Crippen LogP contribution in [0.15, 0.2) is 24.3 Å². The Balaban J connectivity index is 2.78. The van der Waals surface area contributed by atoms with E-state index in [-0.39, 0.29) is 17.2 Å². The first kappa shape index (κ1) is 16.8. The third-order valence-corrected chi connectivity index (χ3v) is 3.29. The zero-order valence-corrected chi connectivity index (χ0v) is 12.3. The fourth-order valence-corrected chi connectivity index (χ4v) is 2.24. The van der Waals surface area contributed by atoms with Gasteiger partial charge in [-0.15, -0.1) is 13.2 Å². The molecule has 1 atom stereocenters. The van der Waals surface area contributed by atoms with Crippen molar-refractivity contribution in [1.82, 2.24) is 5.32 Å². The molecule has 0 fully saturated rings. The lowest BCUT2D eigenvalue weighted by molar-refractivity contribution is -0.274. The predicted octanol–water partition coefficient (Wildman–Crippen LogP) is 4.15. The van der Waals surface area contributed by atoms with E-state index in [2.05, 4.69) is 30.8 Å². The van der Waals surface area contributed by atoms with E-state index in [1.54, 1.807) is 18.2 Å². The third-order valence-electron chi connectivity index (χ3n) is 3.29. The minimum atomic E-state index is -4.65.